The van der Waals surface area contributed by atoms with Gasteiger partial charge in [-0.1, -0.05) is 18.9 Å². The summed E-state index contributed by atoms with van der Waals surface area (Å²) in [5.74, 6) is 0.838. The molecule has 1 saturated carbocycles. The summed E-state index contributed by atoms with van der Waals surface area (Å²) in [6, 6.07) is 7.57. The van der Waals surface area contributed by atoms with E-state index < -0.39 is 11.6 Å². The Bertz CT molecular complexity index is 840. The molecular formula is C23H32N2O5. The van der Waals surface area contributed by atoms with E-state index in [4.69, 9.17) is 14.2 Å². The van der Waals surface area contributed by atoms with Crippen LogP contribution in [0.2, 0.25) is 0 Å². The van der Waals surface area contributed by atoms with E-state index in [0.29, 0.717) is 30.8 Å². The molecular weight excluding hydrogens is 384 g/mol. The Balaban J connectivity index is 1.53. The average molecular weight is 417 g/mol. The molecule has 0 spiro atoms. The van der Waals surface area contributed by atoms with Gasteiger partial charge in [0.25, 0.3) is 0 Å². The third kappa shape index (κ3) is 5.68. The highest BCUT2D eigenvalue weighted by molar-refractivity contribution is 5.76. The second-order valence-corrected chi connectivity index (χ2v) is 8.16. The largest absolute Gasteiger partial charge is 0.493 e. The first kappa shape index (κ1) is 22.0. The molecule has 1 aromatic heterocycles. The van der Waals surface area contributed by atoms with Gasteiger partial charge in [-0.15, -0.1) is 5.10 Å². The number of nitrogens with zero attached hydrogens (tertiary/aromatic N) is 2. The molecule has 0 aliphatic heterocycles. The third-order valence-corrected chi connectivity index (χ3v) is 5.30. The number of aryl methyl sites for hydroxylation is 1. The molecule has 7 nitrogen and oxygen atoms in total. The molecule has 1 aliphatic carbocycles. The molecule has 1 aliphatic rings. The highest BCUT2D eigenvalue weighted by atomic mass is 16.5. The molecule has 0 atom stereocenters. The van der Waals surface area contributed by atoms with Crippen LogP contribution < -0.4 is 14.2 Å². The Hall–Kier alpha value is -2.70. The molecule has 3 rings (SSSR count). The van der Waals surface area contributed by atoms with Gasteiger partial charge in [0.15, 0.2) is 5.60 Å². The summed E-state index contributed by atoms with van der Waals surface area (Å²) >= 11 is 0. The van der Waals surface area contributed by atoms with Crippen LogP contribution in [0.3, 0.4) is 0 Å². The van der Waals surface area contributed by atoms with E-state index in [1.807, 2.05) is 13.0 Å². The van der Waals surface area contributed by atoms with Crippen LogP contribution in [0.15, 0.2) is 30.5 Å². The predicted molar refractivity (Wildman–Crippen MR) is 114 cm³/mol. The van der Waals surface area contributed by atoms with Crippen molar-refractivity contribution in [2.75, 3.05) is 13.2 Å². The van der Waals surface area contributed by atoms with Crippen LogP contribution >= 0.6 is 0 Å². The van der Waals surface area contributed by atoms with Crippen LogP contribution in [0.1, 0.15) is 64.5 Å². The van der Waals surface area contributed by atoms with Gasteiger partial charge in [-0.2, -0.15) is 0 Å². The third-order valence-electron chi connectivity index (χ3n) is 5.30. The quantitative estimate of drug-likeness (QED) is 0.537. The van der Waals surface area contributed by atoms with Crippen molar-refractivity contribution in [2.45, 2.75) is 70.9 Å². The number of benzene rings is 1. The van der Waals surface area contributed by atoms with E-state index in [2.05, 4.69) is 16.0 Å². The van der Waals surface area contributed by atoms with Crippen molar-refractivity contribution in [1.29, 1.82) is 0 Å². The summed E-state index contributed by atoms with van der Waals surface area (Å²) in [7, 11) is 0. The Morgan fingerprint density at radius 1 is 1.23 bits per heavy atom. The molecule has 1 heterocycles. The Morgan fingerprint density at radius 2 is 1.97 bits per heavy atom. The normalized spacial score (nSPS) is 14.6. The van der Waals surface area contributed by atoms with E-state index in [1.54, 1.807) is 18.2 Å². The highest BCUT2D eigenvalue weighted by Gasteiger charge is 2.29. The molecule has 2 aromatic rings. The van der Waals surface area contributed by atoms with Gasteiger partial charge in [-0.05, 0) is 58.6 Å². The lowest BCUT2D eigenvalue weighted by atomic mass is 10.1. The SMILES string of the molecule is CCOc1nn(C2CCCC2)cc1CCCOc1cccc(OC(C)(C)C(=O)O)c1. The molecule has 1 fully saturated rings. The lowest BCUT2D eigenvalue weighted by Crippen LogP contribution is -2.37. The van der Waals surface area contributed by atoms with Crippen LogP contribution in [0.25, 0.3) is 0 Å². The van der Waals surface area contributed by atoms with Crippen molar-refractivity contribution in [3.05, 3.63) is 36.0 Å². The van der Waals surface area contributed by atoms with Crippen LogP contribution in [-0.2, 0) is 11.2 Å². The maximum absolute atomic E-state index is 11.2. The number of rotatable bonds is 11. The van der Waals surface area contributed by atoms with Gasteiger partial charge in [0, 0.05) is 17.8 Å². The van der Waals surface area contributed by atoms with Gasteiger partial charge in [-0.25, -0.2) is 4.79 Å². The Morgan fingerprint density at radius 3 is 2.67 bits per heavy atom. The fourth-order valence-corrected chi connectivity index (χ4v) is 3.62. The Labute approximate surface area is 177 Å². The van der Waals surface area contributed by atoms with Crippen molar-refractivity contribution in [1.82, 2.24) is 9.78 Å². The molecule has 1 N–H and O–H groups in total. The highest BCUT2D eigenvalue weighted by Crippen LogP contribution is 2.31. The van der Waals surface area contributed by atoms with E-state index in [1.165, 1.54) is 39.5 Å². The van der Waals surface area contributed by atoms with E-state index in [0.717, 1.165) is 24.3 Å². The predicted octanol–water partition coefficient (Wildman–Crippen LogP) is 4.65. The first-order valence-electron chi connectivity index (χ1n) is 10.7. The van der Waals surface area contributed by atoms with Gasteiger partial charge >= 0.3 is 5.97 Å². The van der Waals surface area contributed by atoms with Gasteiger partial charge in [0.2, 0.25) is 5.88 Å². The minimum absolute atomic E-state index is 0.469. The number of hydrogen-bond donors (Lipinski definition) is 1. The smallest absolute Gasteiger partial charge is 0.347 e. The lowest BCUT2D eigenvalue weighted by Gasteiger charge is -2.21. The fourth-order valence-electron chi connectivity index (χ4n) is 3.62. The van der Waals surface area contributed by atoms with Crippen molar-refractivity contribution < 1.29 is 24.1 Å². The van der Waals surface area contributed by atoms with Crippen molar-refractivity contribution >= 4 is 5.97 Å². The second kappa shape index (κ2) is 9.87. The van der Waals surface area contributed by atoms with E-state index >= 15 is 0 Å². The first-order valence-corrected chi connectivity index (χ1v) is 10.7. The van der Waals surface area contributed by atoms with Crippen LogP contribution in [0.4, 0.5) is 0 Å². The van der Waals surface area contributed by atoms with Crippen molar-refractivity contribution in [3.63, 3.8) is 0 Å². The van der Waals surface area contributed by atoms with Crippen molar-refractivity contribution in [2.24, 2.45) is 0 Å². The molecule has 1 aromatic carbocycles. The minimum Gasteiger partial charge on any atom is -0.493 e. The van der Waals surface area contributed by atoms with E-state index in [9.17, 15) is 9.90 Å². The molecule has 0 saturated heterocycles. The summed E-state index contributed by atoms with van der Waals surface area (Å²) in [4.78, 5) is 11.2. The summed E-state index contributed by atoms with van der Waals surface area (Å²) in [6.45, 7) is 6.15. The molecule has 30 heavy (non-hydrogen) atoms. The Kier molecular flexibility index (Phi) is 7.24. The van der Waals surface area contributed by atoms with Crippen LogP contribution in [-0.4, -0.2) is 39.7 Å². The zero-order valence-corrected chi connectivity index (χ0v) is 18.1. The number of hydrogen-bond acceptors (Lipinski definition) is 5. The van der Waals surface area contributed by atoms with Gasteiger partial charge in [0.1, 0.15) is 11.5 Å². The maximum Gasteiger partial charge on any atom is 0.347 e. The summed E-state index contributed by atoms with van der Waals surface area (Å²) in [5, 5.41) is 13.9. The second-order valence-electron chi connectivity index (χ2n) is 8.16. The number of carboxylic acids is 1. The molecule has 7 heteroatoms. The first-order chi connectivity index (χ1) is 14.4. The number of aromatic nitrogens is 2. The average Bonchev–Trinajstić information content (AvgIpc) is 3.35. The topological polar surface area (TPSA) is 82.8 Å². The zero-order chi connectivity index (χ0) is 21.6. The molecule has 0 radical (unpaired) electrons. The summed E-state index contributed by atoms with van der Waals surface area (Å²) < 4.78 is 19.2. The number of ether oxygens (including phenoxy) is 3. The van der Waals surface area contributed by atoms with Gasteiger partial charge in [-0.3, -0.25) is 4.68 Å². The van der Waals surface area contributed by atoms with E-state index in [-0.39, 0.29) is 0 Å². The molecule has 0 bridgehead atoms. The fraction of sp³-hybridized carbons (Fsp3) is 0.565. The monoisotopic (exact) mass is 416 g/mol. The minimum atomic E-state index is -1.30. The number of carbonyl (C=O) groups is 1. The summed E-state index contributed by atoms with van der Waals surface area (Å²) in [5.41, 5.74) is -0.180. The van der Waals surface area contributed by atoms with Crippen LogP contribution in [0.5, 0.6) is 17.4 Å². The van der Waals surface area contributed by atoms with Gasteiger partial charge < -0.3 is 19.3 Å². The number of carboxylic acid groups (broad SMARTS) is 1. The van der Waals surface area contributed by atoms with Gasteiger partial charge in [0.05, 0.1) is 19.3 Å². The standard InChI is InChI=1S/C23H32N2O5/c1-4-28-21-17(16-25(24-21)18-10-5-6-11-18)9-8-14-29-19-12-7-13-20(15-19)30-23(2,3)22(26)27/h7,12-13,15-16,18H,4-6,8-11,14H2,1-3H3,(H,26,27). The lowest BCUT2D eigenvalue weighted by molar-refractivity contribution is -0.152. The number of aliphatic carboxylic acids is 1. The summed E-state index contributed by atoms with van der Waals surface area (Å²) in [6.07, 6.45) is 8.68. The van der Waals surface area contributed by atoms with Crippen LogP contribution in [0, 0.1) is 0 Å². The molecule has 0 unspecified atom stereocenters. The zero-order valence-electron chi connectivity index (χ0n) is 18.1. The molecule has 0 amide bonds. The van der Waals surface area contributed by atoms with Crippen molar-refractivity contribution in [3.8, 4) is 17.4 Å². The maximum atomic E-state index is 11.2. The molecule has 164 valence electrons.